The molecule has 11 heteroatoms. The van der Waals surface area contributed by atoms with E-state index in [0.717, 1.165) is 68.0 Å². The summed E-state index contributed by atoms with van der Waals surface area (Å²) < 4.78 is 17.7. The molecule has 1 aromatic carbocycles. The van der Waals surface area contributed by atoms with Gasteiger partial charge in [-0.1, -0.05) is 32.8 Å². The normalized spacial score (nSPS) is 23.4. The monoisotopic (exact) mass is 776 g/mol. The summed E-state index contributed by atoms with van der Waals surface area (Å²) in [7, 11) is 2.26. The maximum Gasteiger partial charge on any atom is 0.311 e. The molecule has 3 rings (SSSR count). The first-order valence-electron chi connectivity index (χ1n) is 16.7. The summed E-state index contributed by atoms with van der Waals surface area (Å²) in [5, 5.41) is 9.02. The van der Waals surface area contributed by atoms with Gasteiger partial charge in [-0.25, -0.2) is 0 Å². The highest BCUT2D eigenvalue weighted by Crippen LogP contribution is 2.46. The van der Waals surface area contributed by atoms with Crippen molar-refractivity contribution >= 4 is 57.8 Å². The van der Waals surface area contributed by atoms with Gasteiger partial charge in [0.15, 0.2) is 11.5 Å². The fourth-order valence-corrected chi connectivity index (χ4v) is 7.16. The van der Waals surface area contributed by atoms with Crippen LogP contribution in [0.3, 0.4) is 0 Å². The van der Waals surface area contributed by atoms with Gasteiger partial charge in [0.2, 0.25) is 0 Å². The molecule has 9 nitrogen and oxygen atoms in total. The minimum absolute atomic E-state index is 0. The number of carboxylic acids is 1. The van der Waals surface area contributed by atoms with Crippen LogP contribution >= 0.6 is 34.0 Å². The van der Waals surface area contributed by atoms with Crippen molar-refractivity contribution in [1.82, 2.24) is 0 Å². The Bertz CT molecular complexity index is 1140. The molecule has 0 spiro atoms. The zero-order valence-electron chi connectivity index (χ0n) is 28.3. The van der Waals surface area contributed by atoms with Crippen molar-refractivity contribution < 1.29 is 43.0 Å². The third-order valence-corrected chi connectivity index (χ3v) is 10.3. The molecule has 46 heavy (non-hydrogen) atoms. The second-order valence-electron chi connectivity index (χ2n) is 13.3. The number of ether oxygens (including phenoxy) is 3. The first-order valence-corrected chi connectivity index (χ1v) is 16.7. The zero-order valence-corrected chi connectivity index (χ0v) is 31.8. The number of hydrogen-bond acceptors (Lipinski definition) is 7. The number of piperidine rings is 1. The lowest BCUT2D eigenvalue weighted by Crippen LogP contribution is -2.62. The SMILES string of the molecule is Br.Br.CCC(=O)Oc1ccc(CC[N+]2(C)C(C)CC(OC(=O)CCCC3(CCCC(=O)O)CCCC3)CC2C)cc1OC(=O)CC. The number of esters is 3. The van der Waals surface area contributed by atoms with Crippen LogP contribution in [0.4, 0.5) is 0 Å². The fraction of sp³-hybridized carbons (Fsp3) is 0.714. The first kappa shape index (κ1) is 42.0. The molecule has 2 unspecified atom stereocenters. The van der Waals surface area contributed by atoms with E-state index in [2.05, 4.69) is 20.9 Å². The molecule has 1 aliphatic heterocycles. The van der Waals surface area contributed by atoms with Crippen LogP contribution in [0.2, 0.25) is 0 Å². The summed E-state index contributed by atoms with van der Waals surface area (Å²) in [5.74, 6) is -1.11. The van der Waals surface area contributed by atoms with Gasteiger partial charge in [0, 0.05) is 44.9 Å². The Kier molecular flexibility index (Phi) is 18.0. The molecule has 0 amide bonds. The molecule has 2 aliphatic rings. The highest BCUT2D eigenvalue weighted by Gasteiger charge is 2.43. The van der Waals surface area contributed by atoms with Gasteiger partial charge in [-0.15, -0.1) is 34.0 Å². The summed E-state index contributed by atoms with van der Waals surface area (Å²) in [4.78, 5) is 47.7. The van der Waals surface area contributed by atoms with Gasteiger partial charge in [-0.3, -0.25) is 19.2 Å². The largest absolute Gasteiger partial charge is 0.481 e. The van der Waals surface area contributed by atoms with Crippen LogP contribution in [0.5, 0.6) is 11.5 Å². The van der Waals surface area contributed by atoms with Crippen molar-refractivity contribution in [3.8, 4) is 11.5 Å². The smallest absolute Gasteiger partial charge is 0.311 e. The van der Waals surface area contributed by atoms with E-state index in [4.69, 9.17) is 19.3 Å². The molecule has 1 aliphatic carbocycles. The van der Waals surface area contributed by atoms with Crippen LogP contribution in [0, 0.1) is 5.41 Å². The average Bonchev–Trinajstić information content (AvgIpc) is 3.44. The predicted octanol–water partition coefficient (Wildman–Crippen LogP) is 7.93. The van der Waals surface area contributed by atoms with Gasteiger partial charge in [0.25, 0.3) is 0 Å². The Morgan fingerprint density at radius 1 is 0.848 bits per heavy atom. The maximum absolute atomic E-state index is 12.8. The number of aliphatic carboxylic acids is 1. The van der Waals surface area contributed by atoms with E-state index in [1.54, 1.807) is 26.0 Å². The fourth-order valence-electron chi connectivity index (χ4n) is 7.16. The number of hydrogen-bond donors (Lipinski definition) is 1. The molecule has 1 N–H and O–H groups in total. The van der Waals surface area contributed by atoms with Gasteiger partial charge in [0.05, 0.1) is 25.7 Å². The van der Waals surface area contributed by atoms with E-state index in [1.165, 1.54) is 12.8 Å². The second-order valence-corrected chi connectivity index (χ2v) is 13.3. The van der Waals surface area contributed by atoms with E-state index in [-0.39, 0.29) is 106 Å². The number of nitrogens with zero attached hydrogens (tertiary/aromatic N) is 1. The van der Waals surface area contributed by atoms with Gasteiger partial charge < -0.3 is 23.8 Å². The molecule has 2 atom stereocenters. The summed E-state index contributed by atoms with van der Waals surface area (Å²) in [6, 6.07) is 5.98. The van der Waals surface area contributed by atoms with Crippen molar-refractivity contribution in [2.45, 2.75) is 142 Å². The molecule has 262 valence electrons. The lowest BCUT2D eigenvalue weighted by molar-refractivity contribution is -0.958. The van der Waals surface area contributed by atoms with Crippen LogP contribution in [-0.4, -0.2) is 65.2 Å². The lowest BCUT2D eigenvalue weighted by atomic mass is 9.77. The third kappa shape index (κ3) is 12.2. The van der Waals surface area contributed by atoms with Gasteiger partial charge >= 0.3 is 23.9 Å². The summed E-state index contributed by atoms with van der Waals surface area (Å²) in [6.45, 7) is 8.74. The summed E-state index contributed by atoms with van der Waals surface area (Å²) >= 11 is 0. The summed E-state index contributed by atoms with van der Waals surface area (Å²) in [5.41, 5.74) is 1.19. The Balaban J connectivity index is 0.00000529. The van der Waals surface area contributed by atoms with Crippen molar-refractivity contribution in [2.75, 3.05) is 13.6 Å². The number of carbonyl (C=O) groups excluding carboxylic acids is 3. The van der Waals surface area contributed by atoms with E-state index < -0.39 is 5.97 Å². The molecular weight excluding hydrogens is 722 g/mol. The topological polar surface area (TPSA) is 116 Å². The highest BCUT2D eigenvalue weighted by atomic mass is 79.9. The molecular formula is C35H56Br2NO8+. The van der Waals surface area contributed by atoms with Crippen molar-refractivity contribution in [3.63, 3.8) is 0 Å². The van der Waals surface area contributed by atoms with Crippen LogP contribution in [0.1, 0.15) is 123 Å². The highest BCUT2D eigenvalue weighted by molar-refractivity contribution is 8.93. The van der Waals surface area contributed by atoms with Gasteiger partial charge in [-0.2, -0.15) is 0 Å². The Morgan fingerprint density at radius 2 is 1.39 bits per heavy atom. The molecule has 0 bridgehead atoms. The predicted molar refractivity (Wildman–Crippen MR) is 188 cm³/mol. The van der Waals surface area contributed by atoms with Gasteiger partial charge in [0.1, 0.15) is 6.10 Å². The third-order valence-electron chi connectivity index (χ3n) is 10.3. The summed E-state index contributed by atoms with van der Waals surface area (Å²) in [6.07, 6.45) is 11.4. The molecule has 0 aromatic heterocycles. The molecule has 1 saturated carbocycles. The van der Waals surface area contributed by atoms with Crippen molar-refractivity contribution in [1.29, 1.82) is 0 Å². The Hall–Kier alpha value is -1.98. The number of carboxylic acid groups (broad SMARTS) is 1. The molecule has 2 fully saturated rings. The number of likely N-dealkylation sites (tertiary alicyclic amines) is 1. The Morgan fingerprint density at radius 3 is 1.93 bits per heavy atom. The molecule has 0 radical (unpaired) electrons. The molecule has 1 heterocycles. The second kappa shape index (κ2) is 19.7. The molecule has 1 saturated heterocycles. The van der Waals surface area contributed by atoms with E-state index in [9.17, 15) is 19.2 Å². The maximum atomic E-state index is 12.8. The van der Waals surface area contributed by atoms with Crippen LogP contribution in [-0.2, 0) is 30.3 Å². The Labute approximate surface area is 296 Å². The van der Waals surface area contributed by atoms with E-state index in [1.807, 2.05) is 6.07 Å². The quantitative estimate of drug-likeness (QED) is 0.102. The number of carbonyl (C=O) groups is 4. The number of halogens is 2. The van der Waals surface area contributed by atoms with Crippen LogP contribution in [0.15, 0.2) is 18.2 Å². The number of benzene rings is 1. The van der Waals surface area contributed by atoms with Crippen LogP contribution < -0.4 is 9.47 Å². The first-order chi connectivity index (χ1) is 20.9. The van der Waals surface area contributed by atoms with Crippen molar-refractivity contribution in [2.24, 2.45) is 5.41 Å². The molecule has 1 aromatic rings. The zero-order chi connectivity index (χ0) is 32.3. The van der Waals surface area contributed by atoms with E-state index >= 15 is 0 Å². The number of rotatable bonds is 16. The van der Waals surface area contributed by atoms with E-state index in [0.29, 0.717) is 12.8 Å². The standard InChI is InChI=1S/C35H53NO8.2BrH/c1-6-32(39)43-29-15-14-27(24-30(29)44-33(40)7-2)16-21-36(5)25(3)22-28(23-26(36)4)42-34(41)13-11-20-35(17-8-9-18-35)19-10-12-31(37)38;;/h14-15,24-26,28H,6-13,16-23H2,1-5H3;2*1H/p+1. The number of likely N-dealkylation sites (N-methyl/N-ethyl adjacent to an activating group) is 1. The minimum atomic E-state index is -0.735. The number of quaternary nitrogens is 1. The van der Waals surface area contributed by atoms with Gasteiger partial charge in [-0.05, 0) is 75.5 Å². The van der Waals surface area contributed by atoms with Crippen LogP contribution in [0.25, 0.3) is 0 Å². The lowest BCUT2D eigenvalue weighted by Gasteiger charge is -2.50. The average molecular weight is 779 g/mol. The minimum Gasteiger partial charge on any atom is -0.481 e. The van der Waals surface area contributed by atoms with Crippen molar-refractivity contribution in [3.05, 3.63) is 23.8 Å².